The Balaban J connectivity index is 1.70. The molecule has 5 rings (SSSR count). The van der Waals surface area contributed by atoms with Crippen LogP contribution in [0.1, 0.15) is 95.2 Å². The zero-order valence-corrected chi connectivity index (χ0v) is 27.1. The summed E-state index contributed by atoms with van der Waals surface area (Å²) in [6, 6.07) is 9.70. The minimum atomic E-state index is -2.53. The normalized spacial score (nSPS) is 28.5. The Bertz CT molecular complexity index is 1700. The van der Waals surface area contributed by atoms with Gasteiger partial charge < -0.3 is 15.3 Å². The number of aromatic hydroxyl groups is 1. The lowest BCUT2D eigenvalue weighted by Gasteiger charge is -2.60. The highest BCUT2D eigenvalue weighted by atomic mass is 16.3. The quantitative estimate of drug-likeness (QED) is 0.188. The number of allylic oxidation sites excluding steroid dienone is 1. The van der Waals surface area contributed by atoms with E-state index in [2.05, 4.69) is 32.0 Å². The molecule has 1 fully saturated rings. The number of aliphatic hydroxyl groups is 2. The predicted octanol–water partition coefficient (Wildman–Crippen LogP) is 6.99. The van der Waals surface area contributed by atoms with Gasteiger partial charge in [-0.15, -0.1) is 0 Å². The van der Waals surface area contributed by atoms with Gasteiger partial charge in [-0.25, -0.2) is 0 Å². The molecule has 0 aliphatic heterocycles. The van der Waals surface area contributed by atoms with E-state index in [1.165, 1.54) is 24.1 Å². The van der Waals surface area contributed by atoms with Gasteiger partial charge in [0.25, 0.3) is 0 Å². The van der Waals surface area contributed by atoms with Gasteiger partial charge in [-0.2, -0.15) is 0 Å². The summed E-state index contributed by atoms with van der Waals surface area (Å²) in [4.78, 5) is 41.2. The average molecular weight is 597 g/mol. The van der Waals surface area contributed by atoms with Gasteiger partial charge in [0.1, 0.15) is 11.5 Å². The third-order valence-electron chi connectivity index (χ3n) is 10.7. The molecule has 4 atom stereocenters. The number of phenols is 1. The fourth-order valence-corrected chi connectivity index (χ4v) is 9.04. The van der Waals surface area contributed by atoms with Crippen molar-refractivity contribution in [3.8, 4) is 5.75 Å². The Morgan fingerprint density at radius 1 is 1.00 bits per heavy atom. The van der Waals surface area contributed by atoms with Crippen LogP contribution in [0.25, 0.3) is 17.9 Å². The van der Waals surface area contributed by atoms with Crippen molar-refractivity contribution in [1.82, 2.24) is 0 Å². The molecule has 232 valence electrons. The van der Waals surface area contributed by atoms with Crippen LogP contribution in [0, 0.1) is 22.7 Å². The van der Waals surface area contributed by atoms with Crippen molar-refractivity contribution in [2.75, 3.05) is 0 Å². The van der Waals surface area contributed by atoms with Gasteiger partial charge in [-0.05, 0) is 85.3 Å². The van der Waals surface area contributed by atoms with E-state index in [0.29, 0.717) is 17.6 Å². The second-order valence-corrected chi connectivity index (χ2v) is 13.9. The lowest BCUT2D eigenvalue weighted by Crippen LogP contribution is -2.70. The first-order valence-corrected chi connectivity index (χ1v) is 15.7. The largest absolute Gasteiger partial charge is 0.507 e. The number of ketones is 3. The van der Waals surface area contributed by atoms with Crippen LogP contribution in [0.2, 0.25) is 0 Å². The van der Waals surface area contributed by atoms with Crippen LogP contribution < -0.4 is 0 Å². The predicted molar refractivity (Wildman–Crippen MR) is 173 cm³/mol. The third kappa shape index (κ3) is 4.28. The summed E-state index contributed by atoms with van der Waals surface area (Å²) in [5.74, 6) is -3.41. The van der Waals surface area contributed by atoms with E-state index in [9.17, 15) is 29.7 Å². The smallest absolute Gasteiger partial charge is 0.206 e. The van der Waals surface area contributed by atoms with E-state index < -0.39 is 45.5 Å². The highest BCUT2D eigenvalue weighted by Crippen LogP contribution is 2.65. The molecule has 3 N–H and O–H groups in total. The molecule has 0 amide bonds. The number of carbonyl (C=O) groups excluding carboxylic acids is 3. The van der Waals surface area contributed by atoms with Crippen LogP contribution in [0.5, 0.6) is 5.75 Å². The Hall–Kier alpha value is -3.77. The first kappa shape index (κ1) is 31.6. The average Bonchev–Trinajstić information content (AvgIpc) is 2.94. The Kier molecular flexibility index (Phi) is 7.69. The first-order valence-electron chi connectivity index (χ1n) is 15.7. The summed E-state index contributed by atoms with van der Waals surface area (Å²) in [6.07, 6.45) is 6.41. The van der Waals surface area contributed by atoms with Crippen LogP contribution in [-0.4, -0.2) is 38.3 Å². The summed E-state index contributed by atoms with van der Waals surface area (Å²) < 4.78 is 0. The molecule has 44 heavy (non-hydrogen) atoms. The lowest BCUT2D eigenvalue weighted by molar-refractivity contribution is -0.180. The summed E-state index contributed by atoms with van der Waals surface area (Å²) in [5.41, 5.74) is 0.962. The van der Waals surface area contributed by atoms with Crippen molar-refractivity contribution in [2.45, 2.75) is 86.7 Å². The number of rotatable bonds is 6. The van der Waals surface area contributed by atoms with E-state index in [0.717, 1.165) is 24.0 Å². The highest BCUT2D eigenvalue weighted by Gasteiger charge is 2.72. The van der Waals surface area contributed by atoms with Gasteiger partial charge in [-0.3, -0.25) is 14.4 Å². The minimum absolute atomic E-state index is 0.0672. The van der Waals surface area contributed by atoms with Crippen LogP contribution >= 0.6 is 0 Å². The van der Waals surface area contributed by atoms with Crippen molar-refractivity contribution >= 4 is 35.3 Å². The maximum atomic E-state index is 14.5. The summed E-state index contributed by atoms with van der Waals surface area (Å²) in [5, 5.41) is 35.0. The van der Waals surface area contributed by atoms with Gasteiger partial charge in [0, 0.05) is 16.4 Å². The fraction of sp³-hybridized carbons (Fsp3) is 0.447. The number of aryl methyl sites for hydroxylation is 2. The molecule has 0 saturated heterocycles. The van der Waals surface area contributed by atoms with Crippen molar-refractivity contribution in [2.24, 2.45) is 22.7 Å². The molecule has 3 aliphatic rings. The lowest BCUT2D eigenvalue weighted by atomic mass is 9.42. The Morgan fingerprint density at radius 3 is 2.25 bits per heavy atom. The second kappa shape index (κ2) is 10.7. The van der Waals surface area contributed by atoms with E-state index >= 15 is 0 Å². The monoisotopic (exact) mass is 596 g/mol. The molecule has 0 bridgehead atoms. The number of benzene rings is 2. The van der Waals surface area contributed by atoms with Gasteiger partial charge in [0.2, 0.25) is 11.6 Å². The molecule has 0 unspecified atom stereocenters. The highest BCUT2D eigenvalue weighted by molar-refractivity contribution is 6.33. The number of fused-ring (bicyclic) bond motifs is 3. The Morgan fingerprint density at radius 2 is 1.66 bits per heavy atom. The van der Waals surface area contributed by atoms with Gasteiger partial charge in [0.15, 0.2) is 11.4 Å². The molecule has 6 nitrogen and oxygen atoms in total. The molecule has 6 heteroatoms. The number of carbonyl (C=O) groups is 3. The van der Waals surface area contributed by atoms with E-state index in [1.807, 2.05) is 39.0 Å². The number of Topliss-reactive ketones (excluding diaryl/α,β-unsaturated/α-hetero) is 3. The molecule has 1 saturated carbocycles. The van der Waals surface area contributed by atoms with Crippen LogP contribution in [0.15, 0.2) is 47.1 Å². The van der Waals surface area contributed by atoms with Gasteiger partial charge >= 0.3 is 0 Å². The number of hydrogen-bond donors (Lipinski definition) is 3. The van der Waals surface area contributed by atoms with Crippen molar-refractivity contribution in [1.29, 1.82) is 0 Å². The molecular formula is C38H44O6. The minimum Gasteiger partial charge on any atom is -0.507 e. The summed E-state index contributed by atoms with van der Waals surface area (Å²) >= 11 is 0. The van der Waals surface area contributed by atoms with Gasteiger partial charge in [0.05, 0.1) is 11.1 Å². The number of hydrogen-bond acceptors (Lipinski definition) is 6. The van der Waals surface area contributed by atoms with E-state index in [4.69, 9.17) is 0 Å². The maximum absolute atomic E-state index is 14.5. The SMILES string of the molecule is CCc1ccc(/C=C/c2ccc(O)c3c2C[C@@]2(C)C[C@@]4(C)[C@H](C(C)C)C(C)=C(C(C)=O)C(=O)[C@@]4(O)C(=O)C2=C3O)cc1CC. The summed E-state index contributed by atoms with van der Waals surface area (Å²) in [7, 11) is 0. The Labute approximate surface area is 260 Å². The van der Waals surface area contributed by atoms with Crippen molar-refractivity contribution in [3.05, 3.63) is 80.4 Å². The molecule has 3 aliphatic carbocycles. The van der Waals surface area contributed by atoms with E-state index in [-0.39, 0.29) is 34.8 Å². The third-order valence-corrected chi connectivity index (χ3v) is 10.7. The number of aliphatic hydroxyl groups excluding tert-OH is 1. The molecule has 0 spiro atoms. The molecule has 2 aromatic carbocycles. The molecule has 0 radical (unpaired) electrons. The zero-order valence-electron chi connectivity index (χ0n) is 27.1. The maximum Gasteiger partial charge on any atom is 0.206 e. The molecule has 0 heterocycles. The first-order chi connectivity index (χ1) is 20.6. The van der Waals surface area contributed by atoms with Crippen LogP contribution in [0.3, 0.4) is 0 Å². The standard InChI is InChI=1S/C38H44O6/c1-9-24-13-11-23(17-25(24)10-2)12-14-26-15-16-28(40)30-27(26)18-36(7)19-37(8)31(20(3)4)21(5)29(22(6)39)34(42)38(37,44)35(43)32(36)33(30)41/h11-17,20,31,40-41,44H,9-10,18-19H2,1-8H3/b14-12+/t31-,36+,37+,38-/m1/s1. The molecule has 0 aromatic heterocycles. The number of phenolic OH excluding ortho intramolecular Hbond substituents is 1. The fourth-order valence-electron chi connectivity index (χ4n) is 9.04. The van der Waals surface area contributed by atoms with Crippen LogP contribution in [-0.2, 0) is 33.6 Å². The van der Waals surface area contributed by atoms with E-state index in [1.54, 1.807) is 13.8 Å². The summed E-state index contributed by atoms with van der Waals surface area (Å²) in [6.45, 7) is 14.9. The molecular weight excluding hydrogens is 552 g/mol. The van der Waals surface area contributed by atoms with Gasteiger partial charge in [-0.1, -0.05) is 83.5 Å². The second-order valence-electron chi connectivity index (χ2n) is 13.9. The van der Waals surface area contributed by atoms with Crippen LogP contribution in [0.4, 0.5) is 0 Å². The van der Waals surface area contributed by atoms with Crippen molar-refractivity contribution < 1.29 is 29.7 Å². The molecule has 2 aromatic rings. The zero-order chi connectivity index (χ0) is 32.5. The van der Waals surface area contributed by atoms with Crippen molar-refractivity contribution in [3.63, 3.8) is 0 Å². The topological polar surface area (TPSA) is 112 Å².